The molecule has 0 amide bonds. The van der Waals surface area contributed by atoms with E-state index in [-0.39, 0.29) is 0 Å². The van der Waals surface area contributed by atoms with Gasteiger partial charge in [-0.25, -0.2) is 4.98 Å². The molecule has 5 nitrogen and oxygen atoms in total. The zero-order chi connectivity index (χ0) is 10.8. The fraction of sp³-hybridized carbons (Fsp3) is 0.700. The highest BCUT2D eigenvalue weighted by atomic mass is 15.4. The van der Waals surface area contributed by atoms with E-state index in [9.17, 15) is 0 Å². The Morgan fingerprint density at radius 3 is 2.87 bits per heavy atom. The van der Waals surface area contributed by atoms with Crippen LogP contribution in [0.2, 0.25) is 0 Å². The van der Waals surface area contributed by atoms with Crippen molar-refractivity contribution in [2.24, 2.45) is 12.8 Å². The number of aromatic nitrogens is 2. The first-order valence-electron chi connectivity index (χ1n) is 5.35. The van der Waals surface area contributed by atoms with Crippen molar-refractivity contribution < 1.29 is 0 Å². The van der Waals surface area contributed by atoms with Crippen LogP contribution in [-0.2, 0) is 7.05 Å². The van der Waals surface area contributed by atoms with Gasteiger partial charge in [0.2, 0.25) is 5.95 Å². The standard InChI is InChI=1S/C10H19N5/c1-13-5-6-15(9(7-11)8-13)10-12-3-4-14(10)2/h3-4,9H,5-8,11H2,1-2H3. The van der Waals surface area contributed by atoms with Crippen molar-refractivity contribution in [2.75, 3.05) is 38.1 Å². The topological polar surface area (TPSA) is 50.3 Å². The highest BCUT2D eigenvalue weighted by Gasteiger charge is 2.26. The number of rotatable bonds is 2. The molecule has 5 heteroatoms. The number of imidazole rings is 1. The predicted molar refractivity (Wildman–Crippen MR) is 60.9 cm³/mol. The molecule has 1 aromatic heterocycles. The summed E-state index contributed by atoms with van der Waals surface area (Å²) in [4.78, 5) is 9.00. The van der Waals surface area contributed by atoms with Gasteiger partial charge in [0.15, 0.2) is 0 Å². The van der Waals surface area contributed by atoms with Gasteiger partial charge in [-0.15, -0.1) is 0 Å². The van der Waals surface area contributed by atoms with Crippen molar-refractivity contribution in [2.45, 2.75) is 6.04 Å². The van der Waals surface area contributed by atoms with E-state index in [0.717, 1.165) is 25.6 Å². The Morgan fingerprint density at radius 1 is 1.47 bits per heavy atom. The van der Waals surface area contributed by atoms with Crippen LogP contribution in [-0.4, -0.2) is 53.7 Å². The van der Waals surface area contributed by atoms with Crippen LogP contribution in [0, 0.1) is 0 Å². The highest BCUT2D eigenvalue weighted by Crippen LogP contribution is 2.16. The van der Waals surface area contributed by atoms with Gasteiger partial charge in [0, 0.05) is 45.6 Å². The van der Waals surface area contributed by atoms with Crippen molar-refractivity contribution >= 4 is 5.95 Å². The number of nitrogens with two attached hydrogens (primary N) is 1. The molecule has 84 valence electrons. The van der Waals surface area contributed by atoms with E-state index in [1.807, 2.05) is 24.0 Å². The molecule has 1 saturated heterocycles. The summed E-state index contributed by atoms with van der Waals surface area (Å²) >= 11 is 0. The van der Waals surface area contributed by atoms with E-state index < -0.39 is 0 Å². The quantitative estimate of drug-likeness (QED) is 0.713. The second kappa shape index (κ2) is 4.20. The molecule has 1 unspecified atom stereocenters. The van der Waals surface area contributed by atoms with Crippen molar-refractivity contribution in [3.63, 3.8) is 0 Å². The molecule has 2 N–H and O–H groups in total. The fourth-order valence-electron chi connectivity index (χ4n) is 2.11. The zero-order valence-corrected chi connectivity index (χ0v) is 9.43. The van der Waals surface area contributed by atoms with Crippen molar-refractivity contribution in [3.8, 4) is 0 Å². The lowest BCUT2D eigenvalue weighted by Gasteiger charge is -2.40. The molecule has 1 fully saturated rings. The van der Waals surface area contributed by atoms with Crippen LogP contribution in [0.15, 0.2) is 12.4 Å². The van der Waals surface area contributed by atoms with E-state index in [0.29, 0.717) is 12.6 Å². The monoisotopic (exact) mass is 209 g/mol. The third-order valence-electron chi connectivity index (χ3n) is 3.01. The van der Waals surface area contributed by atoms with Crippen molar-refractivity contribution in [3.05, 3.63) is 12.4 Å². The van der Waals surface area contributed by atoms with E-state index in [1.165, 1.54) is 0 Å². The molecule has 0 bridgehead atoms. The van der Waals surface area contributed by atoms with Crippen LogP contribution in [0.1, 0.15) is 0 Å². The SMILES string of the molecule is CN1CCN(c2nccn2C)C(CN)C1. The molecule has 1 atom stereocenters. The molecule has 1 aromatic rings. The maximum absolute atomic E-state index is 5.81. The molecule has 15 heavy (non-hydrogen) atoms. The van der Waals surface area contributed by atoms with Gasteiger partial charge in [0.1, 0.15) is 0 Å². The summed E-state index contributed by atoms with van der Waals surface area (Å²) in [7, 11) is 4.16. The molecule has 1 aliphatic rings. The number of piperazine rings is 1. The lowest BCUT2D eigenvalue weighted by atomic mass is 10.2. The number of hydrogen-bond acceptors (Lipinski definition) is 4. The second-order valence-corrected chi connectivity index (χ2v) is 4.18. The third kappa shape index (κ3) is 1.98. The van der Waals surface area contributed by atoms with Crippen LogP contribution in [0.4, 0.5) is 5.95 Å². The fourth-order valence-corrected chi connectivity index (χ4v) is 2.11. The summed E-state index contributed by atoms with van der Waals surface area (Å²) in [5.41, 5.74) is 5.81. The predicted octanol–water partition coefficient (Wildman–Crippen LogP) is -0.501. The molecule has 0 aromatic carbocycles. The third-order valence-corrected chi connectivity index (χ3v) is 3.01. The number of likely N-dealkylation sites (N-methyl/N-ethyl adjacent to an activating group) is 1. The van der Waals surface area contributed by atoms with Crippen LogP contribution in [0.5, 0.6) is 0 Å². The first-order chi connectivity index (χ1) is 7.22. The van der Waals surface area contributed by atoms with E-state index in [4.69, 9.17) is 5.73 Å². The lowest BCUT2D eigenvalue weighted by Crippen LogP contribution is -2.55. The van der Waals surface area contributed by atoms with E-state index in [1.54, 1.807) is 0 Å². The Balaban J connectivity index is 2.17. The largest absolute Gasteiger partial charge is 0.335 e. The van der Waals surface area contributed by atoms with Crippen LogP contribution >= 0.6 is 0 Å². The number of nitrogens with zero attached hydrogens (tertiary/aromatic N) is 4. The maximum atomic E-state index is 5.81. The summed E-state index contributed by atoms with van der Waals surface area (Å²) in [6.45, 7) is 3.77. The van der Waals surface area contributed by atoms with Crippen LogP contribution in [0.3, 0.4) is 0 Å². The normalized spacial score (nSPS) is 23.4. The number of hydrogen-bond donors (Lipinski definition) is 1. The minimum atomic E-state index is 0.379. The van der Waals surface area contributed by atoms with Crippen molar-refractivity contribution in [1.82, 2.24) is 14.5 Å². The molecule has 0 radical (unpaired) electrons. The summed E-state index contributed by atoms with van der Waals surface area (Å²) in [6.07, 6.45) is 3.81. The van der Waals surface area contributed by atoms with E-state index in [2.05, 4.69) is 21.8 Å². The molecular weight excluding hydrogens is 190 g/mol. The number of anilines is 1. The van der Waals surface area contributed by atoms with Gasteiger partial charge in [-0.05, 0) is 7.05 Å². The van der Waals surface area contributed by atoms with Gasteiger partial charge < -0.3 is 20.1 Å². The van der Waals surface area contributed by atoms with E-state index >= 15 is 0 Å². The molecule has 1 aliphatic heterocycles. The first-order valence-corrected chi connectivity index (χ1v) is 5.35. The van der Waals surface area contributed by atoms with Crippen molar-refractivity contribution in [1.29, 1.82) is 0 Å². The zero-order valence-electron chi connectivity index (χ0n) is 9.43. The lowest BCUT2D eigenvalue weighted by molar-refractivity contribution is 0.267. The molecule has 0 aliphatic carbocycles. The smallest absolute Gasteiger partial charge is 0.205 e. The summed E-state index contributed by atoms with van der Waals surface area (Å²) in [5, 5.41) is 0. The second-order valence-electron chi connectivity index (χ2n) is 4.18. The van der Waals surface area contributed by atoms with Crippen LogP contribution in [0.25, 0.3) is 0 Å². The summed E-state index contributed by atoms with van der Waals surface area (Å²) < 4.78 is 2.05. The summed E-state index contributed by atoms with van der Waals surface area (Å²) in [5.74, 6) is 1.03. The Kier molecular flexibility index (Phi) is 2.93. The average molecular weight is 209 g/mol. The first kappa shape index (κ1) is 10.4. The van der Waals surface area contributed by atoms with Gasteiger partial charge >= 0.3 is 0 Å². The minimum absolute atomic E-state index is 0.379. The molecule has 0 spiro atoms. The Morgan fingerprint density at radius 2 is 2.27 bits per heavy atom. The molecular formula is C10H19N5. The van der Waals surface area contributed by atoms with Gasteiger partial charge in [0.05, 0.1) is 6.04 Å². The minimum Gasteiger partial charge on any atom is -0.335 e. The number of aryl methyl sites for hydroxylation is 1. The Hall–Kier alpha value is -1.07. The molecule has 2 rings (SSSR count). The molecule has 2 heterocycles. The van der Waals surface area contributed by atoms with Gasteiger partial charge in [0.25, 0.3) is 0 Å². The Labute approximate surface area is 90.5 Å². The van der Waals surface area contributed by atoms with Gasteiger partial charge in [-0.3, -0.25) is 0 Å². The maximum Gasteiger partial charge on any atom is 0.205 e. The molecule has 0 saturated carbocycles. The van der Waals surface area contributed by atoms with Gasteiger partial charge in [-0.2, -0.15) is 0 Å². The highest BCUT2D eigenvalue weighted by molar-refractivity contribution is 5.34. The Bertz CT molecular complexity index is 321. The van der Waals surface area contributed by atoms with Gasteiger partial charge in [-0.1, -0.05) is 0 Å². The average Bonchev–Trinajstić information content (AvgIpc) is 2.64. The van der Waals surface area contributed by atoms with Crippen LogP contribution < -0.4 is 10.6 Å². The summed E-state index contributed by atoms with van der Waals surface area (Å²) in [6, 6.07) is 0.379.